The molecule has 2 rings (SSSR count). The number of ether oxygens (including phenoxy) is 2. The molecule has 0 saturated heterocycles. The molecule has 7 nitrogen and oxygen atoms in total. The molecule has 1 amide bonds. The molecule has 2 aromatic carbocycles. The van der Waals surface area contributed by atoms with Gasteiger partial charge in [-0.15, -0.1) is 0 Å². The van der Waals surface area contributed by atoms with Gasteiger partial charge in [0.15, 0.2) is 11.5 Å². The molecule has 0 unspecified atom stereocenters. The Hall–Kier alpha value is -2.58. The van der Waals surface area contributed by atoms with Crippen molar-refractivity contribution in [2.24, 2.45) is 0 Å². The summed E-state index contributed by atoms with van der Waals surface area (Å²) < 4.78 is 36.6. The van der Waals surface area contributed by atoms with Crippen molar-refractivity contribution in [3.05, 3.63) is 53.6 Å². The molecule has 158 valence electrons. The number of benzene rings is 2. The van der Waals surface area contributed by atoms with E-state index in [1.165, 1.54) is 26.2 Å². The summed E-state index contributed by atoms with van der Waals surface area (Å²) in [6.07, 6.45) is 0.877. The average molecular weight is 421 g/mol. The molecule has 0 aliphatic carbocycles. The maximum absolute atomic E-state index is 12.5. The third-order valence-electron chi connectivity index (χ3n) is 4.12. The number of sulfonamides is 1. The van der Waals surface area contributed by atoms with Gasteiger partial charge >= 0.3 is 0 Å². The van der Waals surface area contributed by atoms with Gasteiger partial charge in [-0.25, -0.2) is 12.7 Å². The van der Waals surface area contributed by atoms with Gasteiger partial charge in [0.1, 0.15) is 0 Å². The van der Waals surface area contributed by atoms with E-state index in [0.29, 0.717) is 30.3 Å². The molecule has 0 fully saturated rings. The number of hydrogen-bond acceptors (Lipinski definition) is 5. The molecule has 0 bridgehead atoms. The molecule has 0 spiro atoms. The molecule has 8 heteroatoms. The third-order valence-corrected chi connectivity index (χ3v) is 5.95. The molecule has 29 heavy (non-hydrogen) atoms. The molecule has 0 aliphatic rings. The van der Waals surface area contributed by atoms with Crippen molar-refractivity contribution in [3.8, 4) is 11.5 Å². The van der Waals surface area contributed by atoms with Gasteiger partial charge in [0.25, 0.3) is 5.91 Å². The van der Waals surface area contributed by atoms with Crippen LogP contribution in [0.5, 0.6) is 11.5 Å². The second kappa shape index (κ2) is 10.3. The summed E-state index contributed by atoms with van der Waals surface area (Å²) in [7, 11) is -0.500. The number of nitrogens with zero attached hydrogens (tertiary/aromatic N) is 1. The summed E-state index contributed by atoms with van der Waals surface area (Å²) in [6, 6.07) is 11.5. The molecule has 0 saturated carbocycles. The van der Waals surface area contributed by atoms with Crippen molar-refractivity contribution in [3.63, 3.8) is 0 Å². The summed E-state index contributed by atoms with van der Waals surface area (Å²) in [5.41, 5.74) is 1.26. The number of amides is 1. The van der Waals surface area contributed by atoms with Crippen LogP contribution in [0.15, 0.2) is 47.4 Å². The fourth-order valence-corrected chi connectivity index (χ4v) is 3.43. The van der Waals surface area contributed by atoms with Gasteiger partial charge < -0.3 is 14.8 Å². The summed E-state index contributed by atoms with van der Waals surface area (Å²) >= 11 is 0. The monoisotopic (exact) mass is 420 g/mol. The molecule has 0 atom stereocenters. The lowest BCUT2D eigenvalue weighted by molar-refractivity contribution is 0.0950. The molecule has 0 aliphatic heterocycles. The Kier molecular flexibility index (Phi) is 8.04. The smallest absolute Gasteiger partial charge is 0.251 e. The van der Waals surface area contributed by atoms with Gasteiger partial charge in [0.2, 0.25) is 10.0 Å². The maximum Gasteiger partial charge on any atom is 0.251 e. The second-order valence-electron chi connectivity index (χ2n) is 6.56. The first-order chi connectivity index (χ1) is 13.8. The van der Waals surface area contributed by atoms with Crippen LogP contribution >= 0.6 is 0 Å². The first-order valence-corrected chi connectivity index (χ1v) is 10.9. The molecular weight excluding hydrogens is 392 g/mol. The topological polar surface area (TPSA) is 84.9 Å². The highest BCUT2D eigenvalue weighted by Crippen LogP contribution is 2.28. The molecule has 0 radical (unpaired) electrons. The van der Waals surface area contributed by atoms with Crippen LogP contribution < -0.4 is 14.8 Å². The van der Waals surface area contributed by atoms with E-state index >= 15 is 0 Å². The maximum atomic E-state index is 12.5. The fourth-order valence-electron chi connectivity index (χ4n) is 2.52. The lowest BCUT2D eigenvalue weighted by Crippen LogP contribution is -2.23. The summed E-state index contributed by atoms with van der Waals surface area (Å²) in [4.78, 5) is 12.7. The Bertz CT molecular complexity index is 925. The van der Waals surface area contributed by atoms with Crippen molar-refractivity contribution in [2.75, 3.05) is 27.3 Å². The average Bonchev–Trinajstić information content (AvgIpc) is 2.71. The van der Waals surface area contributed by atoms with E-state index in [0.717, 1.165) is 16.3 Å². The Balaban J connectivity index is 2.06. The number of nitrogens with one attached hydrogen (secondary N) is 1. The minimum atomic E-state index is -3.47. The van der Waals surface area contributed by atoms with Crippen LogP contribution in [0.3, 0.4) is 0 Å². The number of carbonyl (C=O) groups excluding carboxylic acids is 1. The van der Waals surface area contributed by atoms with E-state index < -0.39 is 10.0 Å². The van der Waals surface area contributed by atoms with Crippen LogP contribution in [-0.2, 0) is 16.6 Å². The van der Waals surface area contributed by atoms with Gasteiger partial charge in [0.05, 0.1) is 18.1 Å². The first kappa shape index (κ1) is 22.7. The van der Waals surface area contributed by atoms with Crippen LogP contribution in [0.1, 0.15) is 36.2 Å². The Labute approximate surface area is 172 Å². The van der Waals surface area contributed by atoms with Crippen LogP contribution in [0.4, 0.5) is 0 Å². The lowest BCUT2D eigenvalue weighted by atomic mass is 10.1. The van der Waals surface area contributed by atoms with Crippen LogP contribution in [0.25, 0.3) is 0 Å². The highest BCUT2D eigenvalue weighted by molar-refractivity contribution is 7.89. The highest BCUT2D eigenvalue weighted by atomic mass is 32.2. The highest BCUT2D eigenvalue weighted by Gasteiger charge is 2.17. The van der Waals surface area contributed by atoms with E-state index in [9.17, 15) is 13.2 Å². The van der Waals surface area contributed by atoms with E-state index in [-0.39, 0.29) is 17.3 Å². The van der Waals surface area contributed by atoms with Gasteiger partial charge in [-0.1, -0.05) is 19.1 Å². The SMILES string of the molecule is CCCOc1ccc(C(=O)NCc2ccc(S(=O)(=O)N(C)C)cc2)cc1OCC. The van der Waals surface area contributed by atoms with Crippen molar-refractivity contribution < 1.29 is 22.7 Å². The Morgan fingerprint density at radius 2 is 1.69 bits per heavy atom. The van der Waals surface area contributed by atoms with Crippen LogP contribution in [-0.4, -0.2) is 45.9 Å². The number of rotatable bonds is 10. The summed E-state index contributed by atoms with van der Waals surface area (Å²) in [5, 5.41) is 2.83. The third kappa shape index (κ3) is 5.95. The standard InChI is InChI=1S/C21H28N2O5S/c1-5-13-28-19-12-9-17(14-20(19)27-6-2)21(24)22-15-16-7-10-18(11-8-16)29(25,26)23(3)4/h7-12,14H,5-6,13,15H2,1-4H3,(H,22,24). The zero-order valence-electron chi connectivity index (χ0n) is 17.3. The second-order valence-corrected chi connectivity index (χ2v) is 8.71. The van der Waals surface area contributed by atoms with Gasteiger partial charge in [-0.2, -0.15) is 0 Å². The predicted molar refractivity (Wildman–Crippen MR) is 112 cm³/mol. The number of carbonyl (C=O) groups is 1. The zero-order valence-corrected chi connectivity index (χ0v) is 18.1. The minimum Gasteiger partial charge on any atom is -0.490 e. The predicted octanol–water partition coefficient (Wildman–Crippen LogP) is 3.05. The van der Waals surface area contributed by atoms with Crippen molar-refractivity contribution in [1.82, 2.24) is 9.62 Å². The molecule has 1 N–H and O–H groups in total. The van der Waals surface area contributed by atoms with Crippen LogP contribution in [0, 0.1) is 0 Å². The van der Waals surface area contributed by atoms with E-state index in [2.05, 4.69) is 5.32 Å². The van der Waals surface area contributed by atoms with E-state index in [4.69, 9.17) is 9.47 Å². The van der Waals surface area contributed by atoms with Gasteiger partial charge in [-0.3, -0.25) is 4.79 Å². The quantitative estimate of drug-likeness (QED) is 0.639. The summed E-state index contributed by atoms with van der Waals surface area (Å²) in [6.45, 7) is 5.21. The molecule has 0 heterocycles. The minimum absolute atomic E-state index is 0.210. The van der Waals surface area contributed by atoms with E-state index in [1.54, 1.807) is 30.3 Å². The molecule has 0 aromatic heterocycles. The molecular formula is C21H28N2O5S. The first-order valence-electron chi connectivity index (χ1n) is 9.48. The van der Waals surface area contributed by atoms with E-state index in [1.807, 2.05) is 13.8 Å². The Morgan fingerprint density at radius 3 is 2.28 bits per heavy atom. The van der Waals surface area contributed by atoms with Crippen LogP contribution in [0.2, 0.25) is 0 Å². The van der Waals surface area contributed by atoms with Crippen molar-refractivity contribution >= 4 is 15.9 Å². The largest absolute Gasteiger partial charge is 0.490 e. The summed E-state index contributed by atoms with van der Waals surface area (Å²) in [5.74, 6) is 0.896. The normalized spacial score (nSPS) is 11.3. The fraction of sp³-hybridized carbons (Fsp3) is 0.381. The zero-order chi connectivity index (χ0) is 21.4. The number of hydrogen-bond donors (Lipinski definition) is 1. The lowest BCUT2D eigenvalue weighted by Gasteiger charge is -2.13. The van der Waals surface area contributed by atoms with Crippen molar-refractivity contribution in [1.29, 1.82) is 0 Å². The van der Waals surface area contributed by atoms with Gasteiger partial charge in [-0.05, 0) is 49.2 Å². The van der Waals surface area contributed by atoms with Gasteiger partial charge in [0, 0.05) is 26.2 Å². The Morgan fingerprint density at radius 1 is 1.00 bits per heavy atom. The molecule has 2 aromatic rings. The van der Waals surface area contributed by atoms with Crippen molar-refractivity contribution in [2.45, 2.75) is 31.7 Å².